The Labute approximate surface area is 228 Å². The minimum absolute atomic E-state index is 0.0877. The molecule has 1 amide bonds. The predicted octanol–water partition coefficient (Wildman–Crippen LogP) is 6.34. The van der Waals surface area contributed by atoms with Crippen molar-refractivity contribution in [2.45, 2.75) is 57.9 Å². The molecule has 39 heavy (non-hydrogen) atoms. The maximum atomic E-state index is 13.0. The van der Waals surface area contributed by atoms with Crippen molar-refractivity contribution >= 4 is 23.5 Å². The molecule has 0 saturated heterocycles. The van der Waals surface area contributed by atoms with Gasteiger partial charge in [0.15, 0.2) is 11.4 Å². The second-order valence-corrected chi connectivity index (χ2v) is 10.0. The van der Waals surface area contributed by atoms with Gasteiger partial charge in [-0.2, -0.15) is 13.2 Å². The van der Waals surface area contributed by atoms with E-state index in [-0.39, 0.29) is 24.9 Å². The van der Waals surface area contributed by atoms with Crippen LogP contribution in [0.4, 0.5) is 13.2 Å². The summed E-state index contributed by atoms with van der Waals surface area (Å²) in [6.07, 6.45) is -1.31. The van der Waals surface area contributed by atoms with Crippen molar-refractivity contribution in [3.63, 3.8) is 0 Å². The quantitative estimate of drug-likeness (QED) is 0.306. The predicted molar refractivity (Wildman–Crippen MR) is 138 cm³/mol. The van der Waals surface area contributed by atoms with Crippen molar-refractivity contribution in [2.75, 3.05) is 6.61 Å². The Morgan fingerprint density at radius 2 is 1.79 bits per heavy atom. The van der Waals surface area contributed by atoms with E-state index in [2.05, 4.69) is 15.3 Å². The van der Waals surface area contributed by atoms with Gasteiger partial charge in [0.25, 0.3) is 5.91 Å². The molecule has 0 radical (unpaired) electrons. The summed E-state index contributed by atoms with van der Waals surface area (Å²) in [4.78, 5) is 33.9. The highest BCUT2D eigenvalue weighted by Gasteiger charge is 2.33. The highest BCUT2D eigenvalue weighted by Crippen LogP contribution is 2.41. The minimum Gasteiger partial charge on any atom is -0.476 e. The third-order valence-electron chi connectivity index (χ3n) is 6.10. The number of hydrogen-bond donors (Lipinski definition) is 1. The first-order valence-electron chi connectivity index (χ1n) is 12.4. The van der Waals surface area contributed by atoms with Crippen molar-refractivity contribution in [1.29, 1.82) is 0 Å². The third kappa shape index (κ3) is 6.86. The van der Waals surface area contributed by atoms with E-state index in [0.29, 0.717) is 33.2 Å². The fourth-order valence-corrected chi connectivity index (χ4v) is 4.07. The normalized spacial score (nSPS) is 13.6. The van der Waals surface area contributed by atoms with E-state index in [1.807, 2.05) is 0 Å². The molecule has 206 valence electrons. The SMILES string of the molecule is CCOC(=O)C(C)(C)Oc1ccc(CNC(=O)c2cnc(-c3ccc(C(F)(F)F)cc3)nc2C2CC2)c(Cl)c1. The van der Waals surface area contributed by atoms with Gasteiger partial charge in [0, 0.05) is 29.2 Å². The van der Waals surface area contributed by atoms with Gasteiger partial charge in [-0.3, -0.25) is 4.79 Å². The first kappa shape index (κ1) is 28.4. The molecule has 3 aromatic rings. The summed E-state index contributed by atoms with van der Waals surface area (Å²) in [5, 5.41) is 3.16. The van der Waals surface area contributed by atoms with Crippen LogP contribution in [0.25, 0.3) is 11.4 Å². The molecule has 1 aromatic heterocycles. The van der Waals surface area contributed by atoms with Crippen LogP contribution >= 0.6 is 11.6 Å². The number of amides is 1. The highest BCUT2D eigenvalue weighted by atomic mass is 35.5. The number of aromatic nitrogens is 2. The van der Waals surface area contributed by atoms with Crippen LogP contribution in [0.3, 0.4) is 0 Å². The molecule has 1 aliphatic carbocycles. The molecule has 7 nitrogen and oxygen atoms in total. The zero-order valence-electron chi connectivity index (χ0n) is 21.6. The standard InChI is InChI=1S/C28H27ClF3N3O4/c1-4-38-26(37)27(2,3)39-20-12-9-18(22(29)13-20)14-34-25(36)21-15-33-24(35-23(21)16-5-6-16)17-7-10-19(11-8-17)28(30,31)32/h7-13,15-16H,4-6,14H2,1-3H3,(H,34,36). The molecule has 0 bridgehead atoms. The fourth-order valence-electron chi connectivity index (χ4n) is 3.83. The van der Waals surface area contributed by atoms with Crippen LogP contribution in [0, 0.1) is 0 Å². The van der Waals surface area contributed by atoms with Gasteiger partial charge in [-0.15, -0.1) is 0 Å². The van der Waals surface area contributed by atoms with Crippen LogP contribution in [0.5, 0.6) is 5.75 Å². The smallest absolute Gasteiger partial charge is 0.416 e. The summed E-state index contributed by atoms with van der Waals surface area (Å²) in [6, 6.07) is 9.48. The van der Waals surface area contributed by atoms with Crippen LogP contribution in [0.1, 0.15) is 66.7 Å². The van der Waals surface area contributed by atoms with Crippen molar-refractivity contribution in [3.05, 3.63) is 76.1 Å². The molecule has 4 rings (SSSR count). The summed E-state index contributed by atoms with van der Waals surface area (Å²) in [6.45, 7) is 5.24. The number of carbonyl (C=O) groups excluding carboxylic acids is 2. The van der Waals surface area contributed by atoms with E-state index in [1.165, 1.54) is 18.3 Å². The average molecular weight is 562 g/mol. The summed E-state index contributed by atoms with van der Waals surface area (Å²) in [5.74, 6) is -0.182. The second-order valence-electron chi connectivity index (χ2n) is 9.61. The van der Waals surface area contributed by atoms with E-state index in [0.717, 1.165) is 25.0 Å². The molecule has 11 heteroatoms. The van der Waals surface area contributed by atoms with Gasteiger partial charge >= 0.3 is 12.1 Å². The van der Waals surface area contributed by atoms with E-state index in [4.69, 9.17) is 21.1 Å². The average Bonchev–Trinajstić information content (AvgIpc) is 3.73. The minimum atomic E-state index is -4.43. The van der Waals surface area contributed by atoms with Crippen LogP contribution in [-0.4, -0.2) is 34.1 Å². The maximum absolute atomic E-state index is 13.0. The van der Waals surface area contributed by atoms with E-state index >= 15 is 0 Å². The molecule has 1 fully saturated rings. The Kier molecular flexibility index (Phi) is 8.15. The van der Waals surface area contributed by atoms with Crippen LogP contribution in [0.15, 0.2) is 48.7 Å². The molecular formula is C28H27ClF3N3O4. The van der Waals surface area contributed by atoms with E-state index in [1.54, 1.807) is 39.0 Å². The van der Waals surface area contributed by atoms with Gasteiger partial charge in [-0.1, -0.05) is 29.8 Å². The summed E-state index contributed by atoms with van der Waals surface area (Å²) in [7, 11) is 0. The lowest BCUT2D eigenvalue weighted by atomic mass is 10.1. The largest absolute Gasteiger partial charge is 0.476 e. The zero-order valence-corrected chi connectivity index (χ0v) is 22.3. The number of rotatable bonds is 9. The Morgan fingerprint density at radius 3 is 2.38 bits per heavy atom. The van der Waals surface area contributed by atoms with Crippen molar-refractivity contribution < 1.29 is 32.2 Å². The number of esters is 1. The lowest BCUT2D eigenvalue weighted by Crippen LogP contribution is -2.39. The van der Waals surface area contributed by atoms with Gasteiger partial charge in [-0.05, 0) is 63.4 Å². The van der Waals surface area contributed by atoms with E-state index in [9.17, 15) is 22.8 Å². The Balaban J connectivity index is 1.45. The molecule has 1 saturated carbocycles. The number of nitrogens with zero attached hydrogens (tertiary/aromatic N) is 2. The number of halogens is 4. The molecule has 0 unspecified atom stereocenters. The molecule has 0 atom stereocenters. The van der Waals surface area contributed by atoms with Gasteiger partial charge in [0.1, 0.15) is 5.75 Å². The van der Waals surface area contributed by atoms with Gasteiger partial charge in [0.05, 0.1) is 23.4 Å². The lowest BCUT2D eigenvalue weighted by Gasteiger charge is -2.24. The highest BCUT2D eigenvalue weighted by molar-refractivity contribution is 6.31. The number of ether oxygens (including phenoxy) is 2. The summed E-state index contributed by atoms with van der Waals surface area (Å²) < 4.78 is 49.5. The summed E-state index contributed by atoms with van der Waals surface area (Å²) >= 11 is 6.41. The Bertz CT molecular complexity index is 1370. The molecule has 0 spiro atoms. The van der Waals surface area contributed by atoms with Crippen LogP contribution < -0.4 is 10.1 Å². The number of nitrogens with one attached hydrogen (secondary N) is 1. The third-order valence-corrected chi connectivity index (χ3v) is 6.45. The molecule has 1 heterocycles. The van der Waals surface area contributed by atoms with Crippen molar-refractivity contribution in [2.24, 2.45) is 0 Å². The number of carbonyl (C=O) groups is 2. The van der Waals surface area contributed by atoms with Crippen LogP contribution in [0.2, 0.25) is 5.02 Å². The Hall–Kier alpha value is -3.66. The van der Waals surface area contributed by atoms with Gasteiger partial charge in [-0.25, -0.2) is 14.8 Å². The molecule has 0 aliphatic heterocycles. The topological polar surface area (TPSA) is 90.4 Å². The fraction of sp³-hybridized carbons (Fsp3) is 0.357. The first-order valence-corrected chi connectivity index (χ1v) is 12.7. The number of hydrogen-bond acceptors (Lipinski definition) is 6. The lowest BCUT2D eigenvalue weighted by molar-refractivity contribution is -0.158. The monoisotopic (exact) mass is 561 g/mol. The molecular weight excluding hydrogens is 535 g/mol. The number of benzene rings is 2. The Morgan fingerprint density at radius 1 is 1.10 bits per heavy atom. The van der Waals surface area contributed by atoms with Crippen molar-refractivity contribution in [3.8, 4) is 17.1 Å². The maximum Gasteiger partial charge on any atom is 0.416 e. The zero-order chi connectivity index (χ0) is 28.4. The van der Waals surface area contributed by atoms with Crippen LogP contribution in [-0.2, 0) is 22.3 Å². The second kappa shape index (κ2) is 11.2. The molecule has 2 aromatic carbocycles. The van der Waals surface area contributed by atoms with Gasteiger partial charge in [0.2, 0.25) is 0 Å². The molecule has 1 N–H and O–H groups in total. The number of alkyl halides is 3. The summed E-state index contributed by atoms with van der Waals surface area (Å²) in [5.41, 5.74) is -0.0426. The molecule has 1 aliphatic rings. The van der Waals surface area contributed by atoms with Gasteiger partial charge < -0.3 is 14.8 Å². The van der Waals surface area contributed by atoms with E-state index < -0.39 is 29.2 Å². The van der Waals surface area contributed by atoms with Crippen molar-refractivity contribution in [1.82, 2.24) is 15.3 Å². The first-order chi connectivity index (χ1) is 18.4.